The van der Waals surface area contributed by atoms with Gasteiger partial charge in [-0.25, -0.2) is 18.4 Å². The monoisotopic (exact) mass is 349 g/mol. The molecule has 2 aromatic rings. The average molecular weight is 349 g/mol. The zero-order chi connectivity index (χ0) is 18.4. The fourth-order valence-electron chi connectivity index (χ4n) is 1.90. The summed E-state index contributed by atoms with van der Waals surface area (Å²) >= 11 is 0. The van der Waals surface area contributed by atoms with Gasteiger partial charge in [-0.05, 0) is 30.3 Å². The van der Waals surface area contributed by atoms with Crippen molar-refractivity contribution in [3.8, 4) is 0 Å². The molecule has 0 radical (unpaired) electrons. The van der Waals surface area contributed by atoms with Gasteiger partial charge >= 0.3 is 11.9 Å². The highest BCUT2D eigenvalue weighted by molar-refractivity contribution is 5.97. The number of para-hydroxylation sites is 1. The van der Waals surface area contributed by atoms with E-state index in [1.165, 1.54) is 31.4 Å². The summed E-state index contributed by atoms with van der Waals surface area (Å²) in [4.78, 5) is 35.0. The van der Waals surface area contributed by atoms with Gasteiger partial charge in [-0.15, -0.1) is 0 Å². The van der Waals surface area contributed by atoms with Crippen LogP contribution in [-0.4, -0.2) is 31.6 Å². The number of nitrogens with one attached hydrogen (secondary N) is 1. The summed E-state index contributed by atoms with van der Waals surface area (Å²) in [7, 11) is 1.19. The minimum absolute atomic E-state index is 0.0211. The Kier molecular flexibility index (Phi) is 5.78. The number of halogens is 2. The number of carbonyl (C=O) groups excluding carboxylic acids is 3. The molecule has 0 aliphatic rings. The molecule has 130 valence electrons. The molecule has 0 heterocycles. The molecular weight excluding hydrogens is 336 g/mol. The standard InChI is InChI=1S/C17H13F2NO5/c1-24-16(22)10-4-2-5-11(8-10)17(23)25-9-14(21)20-15-12(18)6-3-7-13(15)19/h2-8H,9H2,1H3,(H,20,21). The molecule has 2 aromatic carbocycles. The van der Waals surface area contributed by atoms with Crippen molar-refractivity contribution in [1.82, 2.24) is 0 Å². The van der Waals surface area contributed by atoms with Gasteiger partial charge < -0.3 is 14.8 Å². The summed E-state index contributed by atoms with van der Waals surface area (Å²) < 4.78 is 36.1. The Hall–Kier alpha value is -3.29. The van der Waals surface area contributed by atoms with Crippen LogP contribution in [0.2, 0.25) is 0 Å². The normalized spacial score (nSPS) is 10.0. The maximum atomic E-state index is 13.4. The molecule has 25 heavy (non-hydrogen) atoms. The van der Waals surface area contributed by atoms with Gasteiger partial charge in [0.15, 0.2) is 6.61 Å². The number of methoxy groups -OCH3 is 1. The van der Waals surface area contributed by atoms with Crippen LogP contribution in [-0.2, 0) is 14.3 Å². The SMILES string of the molecule is COC(=O)c1cccc(C(=O)OCC(=O)Nc2c(F)cccc2F)c1. The lowest BCUT2D eigenvalue weighted by atomic mass is 10.1. The zero-order valence-corrected chi connectivity index (χ0v) is 13.0. The van der Waals surface area contributed by atoms with Crippen molar-refractivity contribution in [3.05, 3.63) is 65.2 Å². The Morgan fingerprint density at radius 3 is 2.12 bits per heavy atom. The minimum Gasteiger partial charge on any atom is -0.465 e. The molecule has 2 rings (SSSR count). The van der Waals surface area contributed by atoms with Crippen LogP contribution < -0.4 is 5.32 Å². The maximum Gasteiger partial charge on any atom is 0.338 e. The molecule has 0 spiro atoms. The van der Waals surface area contributed by atoms with E-state index in [-0.39, 0.29) is 11.1 Å². The third-order valence-corrected chi connectivity index (χ3v) is 3.08. The van der Waals surface area contributed by atoms with Crippen LogP contribution in [0.1, 0.15) is 20.7 Å². The number of carbonyl (C=O) groups is 3. The van der Waals surface area contributed by atoms with Crippen molar-refractivity contribution < 1.29 is 32.6 Å². The highest BCUT2D eigenvalue weighted by Crippen LogP contribution is 2.17. The Balaban J connectivity index is 1.98. The topological polar surface area (TPSA) is 81.7 Å². The maximum absolute atomic E-state index is 13.4. The van der Waals surface area contributed by atoms with Gasteiger partial charge in [0.25, 0.3) is 5.91 Å². The molecule has 8 heteroatoms. The summed E-state index contributed by atoms with van der Waals surface area (Å²) in [6.07, 6.45) is 0. The summed E-state index contributed by atoms with van der Waals surface area (Å²) in [5.74, 6) is -4.34. The van der Waals surface area contributed by atoms with Gasteiger partial charge in [-0.3, -0.25) is 4.79 Å². The quantitative estimate of drug-likeness (QED) is 0.839. The molecule has 0 atom stereocenters. The summed E-state index contributed by atoms with van der Waals surface area (Å²) in [6.45, 7) is -0.755. The van der Waals surface area contributed by atoms with Crippen LogP contribution in [0.3, 0.4) is 0 Å². The number of hydrogen-bond donors (Lipinski definition) is 1. The van der Waals surface area contributed by atoms with E-state index in [4.69, 9.17) is 4.74 Å². The second kappa shape index (κ2) is 8.00. The summed E-state index contributed by atoms with van der Waals surface area (Å²) in [5.41, 5.74) is -0.473. The van der Waals surface area contributed by atoms with Crippen molar-refractivity contribution in [2.45, 2.75) is 0 Å². The molecule has 0 fully saturated rings. The first kappa shape index (κ1) is 18.1. The van der Waals surface area contributed by atoms with Gasteiger partial charge in [0.2, 0.25) is 0 Å². The first-order valence-electron chi connectivity index (χ1n) is 7.01. The summed E-state index contributed by atoms with van der Waals surface area (Å²) in [6, 6.07) is 8.60. The molecule has 1 amide bonds. The molecular formula is C17H13F2NO5. The zero-order valence-electron chi connectivity index (χ0n) is 13.0. The Bertz CT molecular complexity index is 802. The number of ether oxygens (including phenoxy) is 2. The number of hydrogen-bond acceptors (Lipinski definition) is 5. The van der Waals surface area contributed by atoms with Crippen LogP contribution in [0.15, 0.2) is 42.5 Å². The highest BCUT2D eigenvalue weighted by atomic mass is 19.1. The Morgan fingerprint density at radius 1 is 0.960 bits per heavy atom. The number of anilines is 1. The second-order valence-corrected chi connectivity index (χ2v) is 4.79. The third-order valence-electron chi connectivity index (χ3n) is 3.08. The summed E-state index contributed by atoms with van der Waals surface area (Å²) in [5, 5.41) is 1.98. The van der Waals surface area contributed by atoms with E-state index in [0.717, 1.165) is 18.2 Å². The van der Waals surface area contributed by atoms with E-state index >= 15 is 0 Å². The molecule has 0 bridgehead atoms. The van der Waals surface area contributed by atoms with Gasteiger partial charge in [0.1, 0.15) is 17.3 Å². The van der Waals surface area contributed by atoms with E-state index in [2.05, 4.69) is 4.74 Å². The molecule has 0 aliphatic carbocycles. The lowest BCUT2D eigenvalue weighted by molar-refractivity contribution is -0.119. The predicted molar refractivity (Wildman–Crippen MR) is 83.1 cm³/mol. The van der Waals surface area contributed by atoms with Crippen LogP contribution in [0.4, 0.5) is 14.5 Å². The van der Waals surface area contributed by atoms with Crippen LogP contribution >= 0.6 is 0 Å². The first-order chi connectivity index (χ1) is 11.9. The molecule has 6 nitrogen and oxygen atoms in total. The number of esters is 2. The van der Waals surface area contributed by atoms with Crippen LogP contribution in [0.25, 0.3) is 0 Å². The Labute approximate surface area is 141 Å². The van der Waals surface area contributed by atoms with E-state index in [0.29, 0.717) is 0 Å². The van der Waals surface area contributed by atoms with Gasteiger partial charge in [0, 0.05) is 0 Å². The lowest BCUT2D eigenvalue weighted by Gasteiger charge is -2.08. The predicted octanol–water partition coefficient (Wildman–Crippen LogP) is 2.55. The van der Waals surface area contributed by atoms with Crippen molar-refractivity contribution in [3.63, 3.8) is 0 Å². The third kappa shape index (κ3) is 4.60. The van der Waals surface area contributed by atoms with Crippen molar-refractivity contribution in [1.29, 1.82) is 0 Å². The van der Waals surface area contributed by atoms with E-state index in [1.54, 1.807) is 0 Å². The van der Waals surface area contributed by atoms with E-state index in [9.17, 15) is 23.2 Å². The fraction of sp³-hybridized carbons (Fsp3) is 0.118. The smallest absolute Gasteiger partial charge is 0.338 e. The van der Waals surface area contributed by atoms with Gasteiger partial charge in [-0.1, -0.05) is 12.1 Å². The Morgan fingerprint density at radius 2 is 1.52 bits per heavy atom. The average Bonchev–Trinajstić information content (AvgIpc) is 2.62. The number of amides is 1. The second-order valence-electron chi connectivity index (χ2n) is 4.79. The molecule has 0 aliphatic heterocycles. The van der Waals surface area contributed by atoms with Gasteiger partial charge in [-0.2, -0.15) is 0 Å². The largest absolute Gasteiger partial charge is 0.465 e. The lowest BCUT2D eigenvalue weighted by Crippen LogP contribution is -2.22. The van der Waals surface area contributed by atoms with E-state index < -0.39 is 41.8 Å². The number of benzene rings is 2. The fourth-order valence-corrected chi connectivity index (χ4v) is 1.90. The van der Waals surface area contributed by atoms with Crippen molar-refractivity contribution in [2.75, 3.05) is 19.0 Å². The van der Waals surface area contributed by atoms with Crippen molar-refractivity contribution >= 4 is 23.5 Å². The molecule has 0 saturated heterocycles. The van der Waals surface area contributed by atoms with Crippen molar-refractivity contribution in [2.24, 2.45) is 0 Å². The number of rotatable bonds is 5. The molecule has 1 N–H and O–H groups in total. The van der Waals surface area contributed by atoms with Gasteiger partial charge in [0.05, 0.1) is 18.2 Å². The molecule has 0 unspecified atom stereocenters. The van der Waals surface area contributed by atoms with Crippen LogP contribution in [0, 0.1) is 11.6 Å². The minimum atomic E-state index is -0.953. The van der Waals surface area contributed by atoms with Crippen LogP contribution in [0.5, 0.6) is 0 Å². The first-order valence-corrected chi connectivity index (χ1v) is 7.01. The molecule has 0 saturated carbocycles. The van der Waals surface area contributed by atoms with E-state index in [1.807, 2.05) is 5.32 Å². The molecule has 0 aromatic heterocycles. The highest BCUT2D eigenvalue weighted by Gasteiger charge is 2.15.